The summed E-state index contributed by atoms with van der Waals surface area (Å²) in [7, 11) is 0. The van der Waals surface area contributed by atoms with Crippen LogP contribution in [0.25, 0.3) is 0 Å². The van der Waals surface area contributed by atoms with Crippen molar-refractivity contribution >= 4 is 17.9 Å². The fourth-order valence-corrected chi connectivity index (χ4v) is 9.06. The summed E-state index contributed by atoms with van der Waals surface area (Å²) in [6, 6.07) is 0. The first-order valence-electron chi connectivity index (χ1n) is 31.3. The van der Waals surface area contributed by atoms with Gasteiger partial charge < -0.3 is 14.2 Å². The van der Waals surface area contributed by atoms with Crippen molar-refractivity contribution < 1.29 is 28.6 Å². The van der Waals surface area contributed by atoms with Gasteiger partial charge in [-0.2, -0.15) is 0 Å². The molecule has 0 aromatic heterocycles. The Morgan fingerprint density at radius 3 is 0.903 bits per heavy atom. The summed E-state index contributed by atoms with van der Waals surface area (Å²) in [5.41, 5.74) is 0. The van der Waals surface area contributed by atoms with Gasteiger partial charge in [-0.05, 0) is 77.0 Å². The molecule has 1 atom stereocenters. The highest BCUT2D eigenvalue weighted by Crippen LogP contribution is 2.17. The lowest BCUT2D eigenvalue weighted by Crippen LogP contribution is -2.30. The van der Waals surface area contributed by atoms with Gasteiger partial charge in [-0.15, -0.1) is 0 Å². The van der Waals surface area contributed by atoms with Crippen LogP contribution in [0.4, 0.5) is 0 Å². The van der Waals surface area contributed by atoms with Crippen LogP contribution in [0.15, 0.2) is 60.8 Å². The zero-order chi connectivity index (χ0) is 52.2. The average molecular weight is 1010 g/mol. The number of hydrogen-bond donors (Lipinski definition) is 0. The van der Waals surface area contributed by atoms with Crippen molar-refractivity contribution in [3.05, 3.63) is 60.8 Å². The standard InChI is InChI=1S/C66H118O6/c1-4-7-10-13-16-19-22-24-25-26-27-28-29-30-31-32-33-34-35-36-37-38-39-40-41-42-45-47-50-53-56-59-65(68)71-62-63(61-70-64(67)58-55-52-49-46-43-21-18-15-12-9-6-3)72-66(69)60-57-54-51-48-44-23-20-17-14-11-8-5-2/h7,10,15-16,18-19,24-25,27-28,63H,4-6,8-9,11-14,17,20-23,26,29-62H2,1-3H3/b10-7-,18-15-,19-16-,25-24-,28-27-. The van der Waals surface area contributed by atoms with Crippen molar-refractivity contribution in [2.75, 3.05) is 13.2 Å². The normalized spacial score (nSPS) is 12.4. The molecule has 0 N–H and O–H groups in total. The van der Waals surface area contributed by atoms with Gasteiger partial charge in [0.15, 0.2) is 6.10 Å². The molecule has 0 heterocycles. The van der Waals surface area contributed by atoms with E-state index < -0.39 is 6.10 Å². The number of rotatable bonds is 57. The molecule has 418 valence electrons. The molecule has 0 aliphatic heterocycles. The third kappa shape index (κ3) is 58.0. The summed E-state index contributed by atoms with van der Waals surface area (Å²) in [6.07, 6.45) is 76.7. The molecular formula is C66H118O6. The summed E-state index contributed by atoms with van der Waals surface area (Å²) >= 11 is 0. The van der Waals surface area contributed by atoms with Gasteiger partial charge in [-0.3, -0.25) is 14.4 Å². The minimum Gasteiger partial charge on any atom is -0.462 e. The topological polar surface area (TPSA) is 78.9 Å². The monoisotopic (exact) mass is 1010 g/mol. The van der Waals surface area contributed by atoms with Gasteiger partial charge in [0.05, 0.1) is 0 Å². The molecule has 0 amide bonds. The first kappa shape index (κ1) is 69.1. The Balaban J connectivity index is 4.07. The third-order valence-corrected chi connectivity index (χ3v) is 13.8. The van der Waals surface area contributed by atoms with Gasteiger partial charge in [-0.1, -0.05) is 287 Å². The van der Waals surface area contributed by atoms with E-state index in [1.54, 1.807) is 0 Å². The fourth-order valence-electron chi connectivity index (χ4n) is 9.06. The van der Waals surface area contributed by atoms with E-state index >= 15 is 0 Å². The molecule has 0 fully saturated rings. The predicted octanol–water partition coefficient (Wildman–Crippen LogP) is 21.2. The number of unbranched alkanes of at least 4 members (excludes halogenated alkanes) is 36. The van der Waals surface area contributed by atoms with Crippen molar-refractivity contribution in [3.8, 4) is 0 Å². The van der Waals surface area contributed by atoms with E-state index in [9.17, 15) is 14.4 Å². The maximum Gasteiger partial charge on any atom is 0.306 e. The molecule has 1 unspecified atom stereocenters. The van der Waals surface area contributed by atoms with Crippen LogP contribution >= 0.6 is 0 Å². The Labute approximate surface area is 447 Å². The summed E-state index contributed by atoms with van der Waals surface area (Å²) < 4.78 is 16.9. The lowest BCUT2D eigenvalue weighted by atomic mass is 10.0. The van der Waals surface area contributed by atoms with E-state index in [0.29, 0.717) is 19.3 Å². The Morgan fingerprint density at radius 2 is 0.556 bits per heavy atom. The third-order valence-electron chi connectivity index (χ3n) is 13.8. The van der Waals surface area contributed by atoms with Gasteiger partial charge >= 0.3 is 17.9 Å². The van der Waals surface area contributed by atoms with E-state index in [4.69, 9.17) is 14.2 Å². The number of carbonyl (C=O) groups is 3. The molecule has 0 spiro atoms. The molecule has 0 bridgehead atoms. The lowest BCUT2D eigenvalue weighted by molar-refractivity contribution is -0.167. The smallest absolute Gasteiger partial charge is 0.306 e. The summed E-state index contributed by atoms with van der Waals surface area (Å²) in [5.74, 6) is -0.866. The van der Waals surface area contributed by atoms with Gasteiger partial charge in [0.1, 0.15) is 13.2 Å². The molecule has 0 saturated carbocycles. The number of carbonyl (C=O) groups excluding carboxylic acids is 3. The van der Waals surface area contributed by atoms with Crippen LogP contribution < -0.4 is 0 Å². The zero-order valence-electron chi connectivity index (χ0n) is 47.9. The van der Waals surface area contributed by atoms with Crippen molar-refractivity contribution in [2.24, 2.45) is 0 Å². The lowest BCUT2D eigenvalue weighted by Gasteiger charge is -2.18. The quantitative estimate of drug-likeness (QED) is 0.0261. The van der Waals surface area contributed by atoms with Crippen LogP contribution in [-0.4, -0.2) is 37.2 Å². The van der Waals surface area contributed by atoms with Crippen molar-refractivity contribution in [1.82, 2.24) is 0 Å². The average Bonchev–Trinajstić information content (AvgIpc) is 3.38. The number of ether oxygens (including phenoxy) is 3. The molecule has 6 heteroatoms. The van der Waals surface area contributed by atoms with Gasteiger partial charge in [0, 0.05) is 19.3 Å². The highest BCUT2D eigenvalue weighted by atomic mass is 16.6. The second-order valence-electron chi connectivity index (χ2n) is 20.9. The number of allylic oxidation sites excluding steroid dienone is 10. The fraction of sp³-hybridized carbons (Fsp3) is 0.803. The minimum absolute atomic E-state index is 0.0716. The molecule has 72 heavy (non-hydrogen) atoms. The molecule has 0 aromatic carbocycles. The van der Waals surface area contributed by atoms with Crippen molar-refractivity contribution in [3.63, 3.8) is 0 Å². The summed E-state index contributed by atoms with van der Waals surface area (Å²) in [6.45, 7) is 6.51. The van der Waals surface area contributed by atoms with Crippen LogP contribution in [0.1, 0.15) is 323 Å². The van der Waals surface area contributed by atoms with Crippen LogP contribution in [0.3, 0.4) is 0 Å². The van der Waals surface area contributed by atoms with E-state index in [-0.39, 0.29) is 31.1 Å². The SMILES string of the molecule is CC/C=C\C/C=C\C/C=C\C/C=C\CCCCCCCCCCCCCCCCCCCCC(=O)OCC(COC(=O)CCCCCCC/C=C\CCCC)OC(=O)CCCCCCCCCCCCCC. The maximum absolute atomic E-state index is 12.8. The zero-order valence-corrected chi connectivity index (χ0v) is 47.9. The molecule has 0 radical (unpaired) electrons. The second-order valence-corrected chi connectivity index (χ2v) is 20.9. The van der Waals surface area contributed by atoms with E-state index in [1.807, 2.05) is 0 Å². The van der Waals surface area contributed by atoms with Crippen LogP contribution in [0.2, 0.25) is 0 Å². The summed E-state index contributed by atoms with van der Waals surface area (Å²) in [4.78, 5) is 38.1. The Hall–Kier alpha value is -2.89. The van der Waals surface area contributed by atoms with Crippen LogP contribution in [-0.2, 0) is 28.6 Å². The van der Waals surface area contributed by atoms with E-state index in [1.165, 1.54) is 193 Å². The Bertz CT molecular complexity index is 1290. The maximum atomic E-state index is 12.8. The second kappa shape index (κ2) is 60.7. The molecule has 0 rings (SSSR count). The van der Waals surface area contributed by atoms with Crippen molar-refractivity contribution in [2.45, 2.75) is 329 Å². The first-order valence-corrected chi connectivity index (χ1v) is 31.3. The Morgan fingerprint density at radius 1 is 0.292 bits per heavy atom. The largest absolute Gasteiger partial charge is 0.462 e. The first-order chi connectivity index (χ1) is 35.5. The van der Waals surface area contributed by atoms with Gasteiger partial charge in [0.25, 0.3) is 0 Å². The van der Waals surface area contributed by atoms with Gasteiger partial charge in [0.2, 0.25) is 0 Å². The predicted molar refractivity (Wildman–Crippen MR) is 312 cm³/mol. The Kier molecular flexibility index (Phi) is 58.2. The number of hydrogen-bond acceptors (Lipinski definition) is 6. The van der Waals surface area contributed by atoms with Gasteiger partial charge in [-0.25, -0.2) is 0 Å². The molecule has 0 saturated heterocycles. The van der Waals surface area contributed by atoms with Crippen LogP contribution in [0.5, 0.6) is 0 Å². The molecule has 0 aliphatic rings. The molecule has 0 aromatic rings. The highest BCUT2D eigenvalue weighted by Gasteiger charge is 2.19. The van der Waals surface area contributed by atoms with E-state index in [2.05, 4.69) is 81.5 Å². The summed E-state index contributed by atoms with van der Waals surface area (Å²) in [5, 5.41) is 0. The van der Waals surface area contributed by atoms with Crippen LogP contribution in [0, 0.1) is 0 Å². The molecular weight excluding hydrogens is 889 g/mol. The minimum atomic E-state index is -0.772. The molecule has 0 aliphatic carbocycles. The van der Waals surface area contributed by atoms with Crippen molar-refractivity contribution in [1.29, 1.82) is 0 Å². The number of esters is 3. The highest BCUT2D eigenvalue weighted by molar-refractivity contribution is 5.71. The van der Waals surface area contributed by atoms with E-state index in [0.717, 1.165) is 89.9 Å². The molecule has 6 nitrogen and oxygen atoms in total.